The Morgan fingerprint density at radius 3 is 2.49 bits per heavy atom. The summed E-state index contributed by atoms with van der Waals surface area (Å²) in [5.74, 6) is -0.529. The Bertz CT molecular complexity index is 1220. The second kappa shape index (κ2) is 12.6. The van der Waals surface area contributed by atoms with E-state index in [9.17, 15) is 14.7 Å². The van der Waals surface area contributed by atoms with Crippen LogP contribution >= 0.6 is 38.5 Å². The molecule has 3 rings (SSSR count). The van der Waals surface area contributed by atoms with Gasteiger partial charge in [-0.3, -0.25) is 10.1 Å². The smallest absolute Gasteiger partial charge is 0.412 e. The first kappa shape index (κ1) is 26.5. The van der Waals surface area contributed by atoms with Crippen molar-refractivity contribution in [2.75, 3.05) is 23.5 Å². The van der Waals surface area contributed by atoms with E-state index in [4.69, 9.17) is 15.2 Å². The maximum Gasteiger partial charge on any atom is 0.412 e. The van der Waals surface area contributed by atoms with Crippen molar-refractivity contribution in [1.29, 1.82) is 0 Å². The van der Waals surface area contributed by atoms with Crippen LogP contribution in [0.5, 0.6) is 5.75 Å². The molecule has 2 amide bonds. The van der Waals surface area contributed by atoms with Crippen LogP contribution in [0.15, 0.2) is 83.4 Å². The molecule has 3 aromatic carbocycles. The normalized spacial score (nSPS) is 12.7. The molecule has 2 atom stereocenters. The zero-order valence-corrected chi connectivity index (χ0v) is 22.3. The van der Waals surface area contributed by atoms with Gasteiger partial charge in [0.2, 0.25) is 5.91 Å². The van der Waals surface area contributed by atoms with E-state index in [1.54, 1.807) is 60.7 Å². The van der Waals surface area contributed by atoms with Crippen LogP contribution in [0.25, 0.3) is 0 Å². The number of nitrogens with one attached hydrogen (secondary N) is 2. The quantitative estimate of drug-likeness (QED) is 0.138. The number of nitrogens with two attached hydrogens (primary N) is 1. The minimum atomic E-state index is -1.06. The van der Waals surface area contributed by atoms with E-state index in [1.807, 2.05) is 0 Å². The minimum Gasteiger partial charge on any atom is -0.508 e. The molecule has 8 nitrogen and oxygen atoms in total. The summed E-state index contributed by atoms with van der Waals surface area (Å²) in [4.78, 5) is 25.2. The highest BCUT2D eigenvalue weighted by Gasteiger charge is 2.28. The molecule has 0 spiro atoms. The summed E-state index contributed by atoms with van der Waals surface area (Å²) in [6.07, 6.45) is -0.00271. The Morgan fingerprint density at radius 2 is 1.80 bits per heavy atom. The zero-order valence-electron chi connectivity index (χ0n) is 18.6. The third-order valence-corrected chi connectivity index (χ3v) is 6.05. The summed E-state index contributed by atoms with van der Waals surface area (Å²) in [5, 5.41) is 15.8. The lowest BCUT2D eigenvalue weighted by Gasteiger charge is -2.25. The van der Waals surface area contributed by atoms with Gasteiger partial charge in [0.05, 0.1) is 11.4 Å². The molecule has 0 fully saturated rings. The van der Waals surface area contributed by atoms with Crippen LogP contribution in [-0.4, -0.2) is 30.3 Å². The number of nitrogen functional groups attached to an aromatic ring is 1. The van der Waals surface area contributed by atoms with Crippen LogP contribution in [0.2, 0.25) is 0 Å². The van der Waals surface area contributed by atoms with Crippen molar-refractivity contribution in [2.45, 2.75) is 12.2 Å². The van der Waals surface area contributed by atoms with Crippen molar-refractivity contribution in [3.05, 3.63) is 92.5 Å². The number of rotatable bonds is 8. The van der Waals surface area contributed by atoms with Gasteiger partial charge in [-0.05, 0) is 83.3 Å². The number of anilines is 3. The molecule has 0 saturated carbocycles. The Morgan fingerprint density at radius 1 is 1.09 bits per heavy atom. The summed E-state index contributed by atoms with van der Waals surface area (Å²) >= 11 is 5.43. The number of methoxy groups -OCH3 is 1. The van der Waals surface area contributed by atoms with Gasteiger partial charge in [0.15, 0.2) is 6.10 Å². The molecular formula is C25H23BrIN3O5. The van der Waals surface area contributed by atoms with E-state index in [2.05, 4.69) is 49.2 Å². The Hall–Kier alpha value is -3.09. The number of amides is 2. The molecular weight excluding hydrogens is 629 g/mol. The number of hydrogen-bond acceptors (Lipinski definition) is 6. The van der Waals surface area contributed by atoms with E-state index >= 15 is 0 Å². The molecule has 182 valence electrons. The predicted octanol–water partition coefficient (Wildman–Crippen LogP) is 5.84. The first-order valence-electron chi connectivity index (χ1n) is 10.3. The number of para-hydroxylation sites is 2. The van der Waals surface area contributed by atoms with E-state index in [0.717, 1.165) is 8.04 Å². The van der Waals surface area contributed by atoms with Crippen molar-refractivity contribution >= 4 is 67.6 Å². The molecule has 0 radical (unpaired) electrons. The molecule has 0 aliphatic carbocycles. The predicted molar refractivity (Wildman–Crippen MR) is 147 cm³/mol. The lowest BCUT2D eigenvalue weighted by Crippen LogP contribution is -2.27. The molecule has 0 aromatic heterocycles. The third-order valence-electron chi connectivity index (χ3n) is 4.85. The molecule has 0 heterocycles. The van der Waals surface area contributed by atoms with Crippen LogP contribution in [0.3, 0.4) is 0 Å². The second-order valence-electron chi connectivity index (χ2n) is 7.30. The van der Waals surface area contributed by atoms with Gasteiger partial charge in [-0.25, -0.2) is 4.79 Å². The number of ether oxygens (including phenoxy) is 2. The van der Waals surface area contributed by atoms with Gasteiger partial charge >= 0.3 is 6.09 Å². The standard InChI is InChI=1S/C25H23BrIN3O5/c1-34-22(12-13-23(32)30-20-5-3-2-4-19(20)28)24(18-14-16(27)8-11-21(18)31)35-25(33)29-17-9-6-15(26)7-10-17/h2-14,22,24,31H,28H2,1H3,(H,29,33)(H,30,32)/b13-12+/t22-,24-/m1/s1. The number of halogens is 2. The fourth-order valence-electron chi connectivity index (χ4n) is 3.13. The summed E-state index contributed by atoms with van der Waals surface area (Å²) < 4.78 is 12.9. The van der Waals surface area contributed by atoms with E-state index < -0.39 is 24.2 Å². The lowest BCUT2D eigenvalue weighted by atomic mass is 10.0. The number of aromatic hydroxyl groups is 1. The number of benzene rings is 3. The fourth-order valence-corrected chi connectivity index (χ4v) is 3.91. The molecule has 0 saturated heterocycles. The van der Waals surface area contributed by atoms with Gasteiger partial charge in [0.1, 0.15) is 11.9 Å². The van der Waals surface area contributed by atoms with Crippen molar-refractivity contribution in [1.82, 2.24) is 0 Å². The molecule has 0 unspecified atom stereocenters. The summed E-state index contributed by atoms with van der Waals surface area (Å²) in [7, 11) is 1.41. The van der Waals surface area contributed by atoms with Crippen molar-refractivity contribution < 1.29 is 24.2 Å². The molecule has 0 aliphatic heterocycles. The van der Waals surface area contributed by atoms with Gasteiger partial charge in [-0.15, -0.1) is 0 Å². The van der Waals surface area contributed by atoms with Crippen molar-refractivity contribution in [3.63, 3.8) is 0 Å². The molecule has 5 N–H and O–H groups in total. The fraction of sp³-hybridized carbons (Fsp3) is 0.120. The molecule has 3 aromatic rings. The highest BCUT2D eigenvalue weighted by atomic mass is 127. The number of phenolic OH excluding ortho intramolecular Hbond substituents is 1. The van der Waals surface area contributed by atoms with Crippen LogP contribution in [0, 0.1) is 3.57 Å². The van der Waals surface area contributed by atoms with Crippen molar-refractivity contribution in [3.8, 4) is 5.75 Å². The Balaban J connectivity index is 1.83. The number of carbonyl (C=O) groups excluding carboxylic acids is 2. The van der Waals surface area contributed by atoms with Gasteiger partial charge < -0.3 is 25.6 Å². The topological polar surface area (TPSA) is 123 Å². The highest BCUT2D eigenvalue weighted by molar-refractivity contribution is 14.1. The molecule has 10 heteroatoms. The summed E-state index contributed by atoms with van der Waals surface area (Å²) in [5.41, 5.74) is 7.61. The zero-order chi connectivity index (χ0) is 25.4. The van der Waals surface area contributed by atoms with Crippen LogP contribution in [0.4, 0.5) is 21.9 Å². The SMILES string of the molecule is CO[C@H](/C=C/C(=O)Nc1ccccc1N)[C@H](OC(=O)Nc1ccc(Br)cc1)c1cc(I)ccc1O. The van der Waals surface area contributed by atoms with Gasteiger partial charge in [0.25, 0.3) is 0 Å². The Kier molecular flexibility index (Phi) is 9.52. The van der Waals surface area contributed by atoms with Crippen LogP contribution in [-0.2, 0) is 14.3 Å². The second-order valence-corrected chi connectivity index (χ2v) is 9.46. The maximum atomic E-state index is 12.7. The number of phenols is 1. The van der Waals surface area contributed by atoms with Crippen molar-refractivity contribution in [2.24, 2.45) is 0 Å². The average molecular weight is 652 g/mol. The minimum absolute atomic E-state index is 0.0798. The monoisotopic (exact) mass is 651 g/mol. The molecule has 0 bridgehead atoms. The third kappa shape index (κ3) is 7.70. The lowest BCUT2D eigenvalue weighted by molar-refractivity contribution is -0.112. The Labute approximate surface area is 224 Å². The highest BCUT2D eigenvalue weighted by Crippen LogP contribution is 2.33. The maximum absolute atomic E-state index is 12.7. The summed E-state index contributed by atoms with van der Waals surface area (Å²) in [6.45, 7) is 0. The first-order chi connectivity index (χ1) is 16.8. The van der Waals surface area contributed by atoms with E-state index in [0.29, 0.717) is 22.6 Å². The van der Waals surface area contributed by atoms with Gasteiger partial charge in [-0.1, -0.05) is 28.1 Å². The van der Waals surface area contributed by atoms with E-state index in [-0.39, 0.29) is 5.75 Å². The van der Waals surface area contributed by atoms with Crippen LogP contribution in [0.1, 0.15) is 11.7 Å². The van der Waals surface area contributed by atoms with Gasteiger partial charge in [-0.2, -0.15) is 0 Å². The molecule has 0 aliphatic rings. The number of carbonyl (C=O) groups is 2. The number of hydrogen-bond donors (Lipinski definition) is 4. The summed E-state index contributed by atoms with van der Waals surface area (Å²) in [6, 6.07) is 18.7. The first-order valence-corrected chi connectivity index (χ1v) is 12.2. The van der Waals surface area contributed by atoms with Crippen LogP contribution < -0.4 is 16.4 Å². The largest absolute Gasteiger partial charge is 0.508 e. The molecule has 35 heavy (non-hydrogen) atoms. The van der Waals surface area contributed by atoms with E-state index in [1.165, 1.54) is 25.3 Å². The van der Waals surface area contributed by atoms with Gasteiger partial charge in [0, 0.05) is 32.5 Å². The average Bonchev–Trinajstić information content (AvgIpc) is 2.83.